The number of aromatic nitrogens is 2. The first kappa shape index (κ1) is 30.9. The fourth-order valence-corrected chi connectivity index (χ4v) is 7.31. The number of pyridine rings is 2. The zero-order valence-corrected chi connectivity index (χ0v) is 31.7. The van der Waals surface area contributed by atoms with Crippen molar-refractivity contribution in [2.24, 2.45) is 0 Å². The van der Waals surface area contributed by atoms with Gasteiger partial charge in [-0.05, 0) is 41.0 Å². The average Bonchev–Trinajstić information content (AvgIpc) is 3.08. The Morgan fingerprint density at radius 1 is 0.565 bits per heavy atom. The van der Waals surface area contributed by atoms with Crippen LogP contribution in [0, 0.1) is 19.0 Å². The van der Waals surface area contributed by atoms with Gasteiger partial charge in [-0.1, -0.05) is 116 Å². The molecule has 0 saturated heterocycles. The molecule has 0 N–H and O–H groups in total. The molecule has 2 nitrogen and oxygen atoms in total. The maximum atomic E-state index is 8.14. The fraction of sp³-hybridized carbons (Fsp3) is 0.171. The minimum Gasteiger partial charge on any atom is -0.305 e. The second kappa shape index (κ2) is 15.2. The van der Waals surface area contributed by atoms with Crippen molar-refractivity contribution in [1.29, 1.82) is 0 Å². The fourth-order valence-electron chi connectivity index (χ4n) is 5.00. The Morgan fingerprint density at radius 3 is 1.89 bits per heavy atom. The maximum absolute atomic E-state index is 8.14. The minimum absolute atomic E-state index is 0. The van der Waals surface area contributed by atoms with Gasteiger partial charge in [0.05, 0.1) is 16.1 Å². The summed E-state index contributed by atoms with van der Waals surface area (Å²) in [4.78, 5) is 9.05. The van der Waals surface area contributed by atoms with Gasteiger partial charge >= 0.3 is 0 Å². The van der Waals surface area contributed by atoms with Crippen molar-refractivity contribution in [2.75, 3.05) is 0 Å². The van der Waals surface area contributed by atoms with Crippen molar-refractivity contribution in [2.45, 2.75) is 46.1 Å². The number of nitrogens with zero attached hydrogens (tertiary/aromatic N) is 2. The summed E-state index contributed by atoms with van der Waals surface area (Å²) in [6.07, 6.45) is 3.59. The molecule has 0 atom stereocenters. The molecule has 1 radical (unpaired) electrons. The molecule has 4 aromatic carbocycles. The van der Waals surface area contributed by atoms with E-state index in [1.54, 1.807) is 12.3 Å². The molecule has 2 aromatic heterocycles. The molecule has 6 rings (SSSR count). The van der Waals surface area contributed by atoms with Gasteiger partial charge in [0.1, 0.15) is 0 Å². The van der Waals surface area contributed by atoms with Gasteiger partial charge in [-0.15, -0.1) is 71.3 Å². The molecular weight excluding hydrogens is 769 g/mol. The van der Waals surface area contributed by atoms with E-state index in [0.29, 0.717) is 16.8 Å². The number of hydrogen-bond donors (Lipinski definition) is 0. The van der Waals surface area contributed by atoms with Gasteiger partial charge in [0.15, 0.2) is 0 Å². The van der Waals surface area contributed by atoms with Crippen LogP contribution in [0.25, 0.3) is 44.8 Å². The van der Waals surface area contributed by atoms with Gasteiger partial charge in [-0.25, -0.2) is 0 Å². The third-order valence-corrected chi connectivity index (χ3v) is 11.9. The van der Waals surface area contributed by atoms with Crippen molar-refractivity contribution in [3.05, 3.63) is 145 Å². The van der Waals surface area contributed by atoms with Gasteiger partial charge in [-0.2, -0.15) is 0 Å². The van der Waals surface area contributed by atoms with Gasteiger partial charge in [-0.3, -0.25) is 0 Å². The van der Waals surface area contributed by atoms with Crippen LogP contribution in [0.4, 0.5) is 0 Å². The van der Waals surface area contributed by atoms with E-state index in [0.717, 1.165) is 33.5 Å². The predicted octanol–water partition coefficient (Wildman–Crippen LogP) is 9.83. The number of hydrogen-bond acceptors (Lipinski definition) is 2. The van der Waals surface area contributed by atoms with E-state index in [1.165, 1.54) is 10.4 Å². The molecule has 46 heavy (non-hydrogen) atoms. The molecule has 0 aliphatic carbocycles. The third kappa shape index (κ3) is 8.95. The van der Waals surface area contributed by atoms with Crippen LogP contribution in [0.2, 0.25) is 39.3 Å². The van der Waals surface area contributed by atoms with Crippen LogP contribution in [-0.2, 0) is 20.1 Å². The van der Waals surface area contributed by atoms with Crippen molar-refractivity contribution in [1.82, 2.24) is 9.97 Å². The second-order valence-electron chi connectivity index (χ2n) is 13.3. The smallest absolute Gasteiger partial charge is 0.0775 e. The molecule has 0 unspecified atom stereocenters. The molecule has 0 aliphatic heterocycles. The van der Waals surface area contributed by atoms with Crippen LogP contribution in [0.15, 0.2) is 128 Å². The first-order valence-electron chi connectivity index (χ1n) is 16.8. The van der Waals surface area contributed by atoms with Crippen molar-refractivity contribution in [3.8, 4) is 44.8 Å². The summed E-state index contributed by atoms with van der Waals surface area (Å²) in [5, 5.41) is 2.78. The zero-order valence-electron chi connectivity index (χ0n) is 30.4. The topological polar surface area (TPSA) is 25.8 Å². The van der Waals surface area contributed by atoms with Gasteiger partial charge in [0.2, 0.25) is 0 Å². The van der Waals surface area contributed by atoms with Crippen molar-refractivity contribution >= 4 is 26.5 Å². The Kier molecular flexibility index (Phi) is 10.2. The number of aryl methyl sites for hydroxylation is 1. The summed E-state index contributed by atoms with van der Waals surface area (Å²) in [5.41, 5.74) is 7.45. The SMILES string of the molecule is C[Si](C)(C)c1ccnc(-c2[c-]cccc2)c1.[2H]C([2H])([2H])c1cc(-c2[c-]ccc(-c3ccccc3)c2)ncc1-c1ccc([Si](C)(C)C)cc1.[Ir]. The third-order valence-electron chi connectivity index (χ3n) is 7.76. The molecule has 0 bridgehead atoms. The Labute approximate surface area is 295 Å². The Hall–Kier alpha value is -3.74. The van der Waals surface area contributed by atoms with E-state index in [2.05, 4.69) is 91.7 Å². The quantitative estimate of drug-likeness (QED) is 0.124. The van der Waals surface area contributed by atoms with E-state index in [1.807, 2.05) is 85.1 Å². The van der Waals surface area contributed by atoms with Crippen LogP contribution >= 0.6 is 0 Å². The molecule has 235 valence electrons. The van der Waals surface area contributed by atoms with Crippen LogP contribution in [0.1, 0.15) is 9.68 Å². The van der Waals surface area contributed by atoms with Crippen LogP contribution in [-0.4, -0.2) is 26.1 Å². The molecule has 0 aliphatic rings. The van der Waals surface area contributed by atoms with E-state index < -0.39 is 23.0 Å². The van der Waals surface area contributed by atoms with Crippen LogP contribution < -0.4 is 10.4 Å². The first-order chi connectivity index (χ1) is 22.7. The van der Waals surface area contributed by atoms with Crippen molar-refractivity contribution in [3.63, 3.8) is 0 Å². The molecular formula is C41H42IrN2Si2-2. The summed E-state index contributed by atoms with van der Waals surface area (Å²) in [7, 11) is -2.68. The summed E-state index contributed by atoms with van der Waals surface area (Å²) in [6, 6.07) is 44.7. The van der Waals surface area contributed by atoms with Gasteiger partial charge in [0.25, 0.3) is 0 Å². The molecule has 0 amide bonds. The van der Waals surface area contributed by atoms with E-state index >= 15 is 0 Å². The summed E-state index contributed by atoms with van der Waals surface area (Å²) < 4.78 is 24.4. The monoisotopic (exact) mass is 814 g/mol. The summed E-state index contributed by atoms with van der Waals surface area (Å²) >= 11 is 0. The predicted molar refractivity (Wildman–Crippen MR) is 199 cm³/mol. The number of benzene rings is 4. The molecule has 0 fully saturated rings. The van der Waals surface area contributed by atoms with Crippen molar-refractivity contribution < 1.29 is 24.2 Å². The normalized spacial score (nSPS) is 12.4. The molecule has 5 heteroatoms. The Balaban J connectivity index is 0.000000268. The van der Waals surface area contributed by atoms with Gasteiger partial charge in [0, 0.05) is 42.2 Å². The Bertz CT molecular complexity index is 1970. The molecule has 0 spiro atoms. The first-order valence-corrected chi connectivity index (χ1v) is 22.3. The van der Waals surface area contributed by atoms with E-state index in [-0.39, 0.29) is 20.1 Å². The van der Waals surface area contributed by atoms with E-state index in [9.17, 15) is 0 Å². The average molecular weight is 814 g/mol. The van der Waals surface area contributed by atoms with Gasteiger partial charge < -0.3 is 9.97 Å². The second-order valence-corrected chi connectivity index (χ2v) is 23.4. The summed E-state index contributed by atoms with van der Waals surface area (Å²) in [6.45, 7) is 11.7. The largest absolute Gasteiger partial charge is 0.305 e. The Morgan fingerprint density at radius 2 is 1.24 bits per heavy atom. The van der Waals surface area contributed by atoms with Crippen LogP contribution in [0.3, 0.4) is 0 Å². The number of rotatable bonds is 6. The standard InChI is InChI=1S/C27H26NSi.C14H16NSi.Ir/c1-20-17-27(24-12-8-11-23(18-24)21-9-6-5-7-10-21)28-19-26(20)22-13-15-25(16-14-22)29(2,3)4;1-16(2,3)13-9-10-15-14(11-13)12-7-5-4-6-8-12;/h5-11,13-19H,1-4H3;4-7,9-11H,1-3H3;/q2*-1;/i1D3;;. The molecule has 6 aromatic rings. The molecule has 2 heterocycles. The zero-order chi connectivity index (χ0) is 34.5. The minimum atomic E-state index is -2.25. The summed E-state index contributed by atoms with van der Waals surface area (Å²) in [5.74, 6) is 0. The van der Waals surface area contributed by atoms with Crippen LogP contribution in [0.5, 0.6) is 0 Å². The maximum Gasteiger partial charge on any atom is 0.0775 e. The molecule has 0 saturated carbocycles. The van der Waals surface area contributed by atoms with E-state index in [4.69, 9.17) is 4.11 Å².